The van der Waals surface area contributed by atoms with Crippen LogP contribution >= 0.6 is 0 Å². The van der Waals surface area contributed by atoms with Crippen LogP contribution in [0.4, 0.5) is 21.9 Å². The molecule has 8 heteroatoms. The number of nitrogens with zero attached hydrogens (tertiary/aromatic N) is 2. The molecule has 2 aromatic carbocycles. The lowest BCUT2D eigenvalue weighted by atomic mass is 9.81. The number of ketones is 2. The molecule has 2 aromatic rings. The van der Waals surface area contributed by atoms with Crippen molar-refractivity contribution < 1.29 is 19.1 Å². The van der Waals surface area contributed by atoms with Gasteiger partial charge in [0, 0.05) is 49.5 Å². The Balaban J connectivity index is 1.74. The molecule has 1 aliphatic carbocycles. The van der Waals surface area contributed by atoms with E-state index in [4.69, 9.17) is 10.5 Å². The number of hydrogen-bond acceptors (Lipinski definition) is 7. The van der Waals surface area contributed by atoms with Crippen LogP contribution in [0.25, 0.3) is 0 Å². The maximum atomic E-state index is 13.3. The third-order valence-corrected chi connectivity index (χ3v) is 5.73. The molecule has 2 aliphatic rings. The smallest absolute Gasteiger partial charge is 0.409 e. The zero-order chi connectivity index (χ0) is 22.1. The fraction of sp³-hybridized carbons (Fsp3) is 0.348. The van der Waals surface area contributed by atoms with Crippen LogP contribution in [0, 0.1) is 0 Å². The molecule has 0 radical (unpaired) electrons. The molecule has 0 saturated carbocycles. The Kier molecular flexibility index (Phi) is 5.54. The summed E-state index contributed by atoms with van der Waals surface area (Å²) in [5.74, 6) is -0.444. The van der Waals surface area contributed by atoms with Crippen LogP contribution in [0.2, 0.25) is 0 Å². The highest BCUT2D eigenvalue weighted by atomic mass is 16.6. The minimum atomic E-state index is -0.328. The van der Waals surface area contributed by atoms with Gasteiger partial charge in [-0.3, -0.25) is 9.59 Å². The summed E-state index contributed by atoms with van der Waals surface area (Å²) < 4.78 is 5.08. The van der Waals surface area contributed by atoms with E-state index in [2.05, 4.69) is 5.32 Å². The first-order chi connectivity index (χ1) is 15.0. The third kappa shape index (κ3) is 3.48. The number of piperazine rings is 1. The molecule has 31 heavy (non-hydrogen) atoms. The molecule has 4 rings (SSSR count). The molecule has 0 unspecified atom stereocenters. The molecule has 1 saturated heterocycles. The van der Waals surface area contributed by atoms with Crippen LogP contribution in [0.5, 0.6) is 0 Å². The first-order valence-corrected chi connectivity index (χ1v) is 10.5. The zero-order valence-electron chi connectivity index (χ0n) is 17.7. The van der Waals surface area contributed by atoms with Gasteiger partial charge in [-0.15, -0.1) is 0 Å². The van der Waals surface area contributed by atoms with E-state index >= 15 is 0 Å². The molecule has 1 amide bonds. The molecule has 1 aliphatic heterocycles. The number of fused-ring (bicyclic) bond motifs is 2. The Labute approximate surface area is 180 Å². The fourth-order valence-corrected chi connectivity index (χ4v) is 4.24. The summed E-state index contributed by atoms with van der Waals surface area (Å²) in [5, 5.41) is 3.23. The number of nitrogen functional groups attached to an aromatic ring is 1. The number of hydrogen-bond donors (Lipinski definition) is 2. The molecule has 8 nitrogen and oxygen atoms in total. The molecule has 0 atom stereocenters. The SMILES string of the molecule is CCNc1cc(N2CCN(C(=O)OCC)CC2)c(N)c2c1C(=O)c1ccccc1C2=O. The second-order valence-electron chi connectivity index (χ2n) is 7.51. The summed E-state index contributed by atoms with van der Waals surface area (Å²) in [6.45, 7) is 6.71. The van der Waals surface area contributed by atoms with Gasteiger partial charge in [0.1, 0.15) is 0 Å². The van der Waals surface area contributed by atoms with Crippen LogP contribution in [0.3, 0.4) is 0 Å². The molecule has 3 N–H and O–H groups in total. The Morgan fingerprint density at radius 3 is 2.23 bits per heavy atom. The Hall–Kier alpha value is -3.55. The van der Waals surface area contributed by atoms with Gasteiger partial charge in [0.15, 0.2) is 11.6 Å². The summed E-state index contributed by atoms with van der Waals surface area (Å²) in [4.78, 5) is 42.3. The number of rotatable bonds is 4. The number of ether oxygens (including phenoxy) is 1. The van der Waals surface area contributed by atoms with Gasteiger partial charge in [-0.25, -0.2) is 4.79 Å². The van der Waals surface area contributed by atoms with Crippen LogP contribution in [0.15, 0.2) is 30.3 Å². The largest absolute Gasteiger partial charge is 0.450 e. The van der Waals surface area contributed by atoms with Gasteiger partial charge in [0.25, 0.3) is 0 Å². The molecule has 1 heterocycles. The minimum Gasteiger partial charge on any atom is -0.450 e. The van der Waals surface area contributed by atoms with Gasteiger partial charge in [0.2, 0.25) is 0 Å². The van der Waals surface area contributed by atoms with Crippen molar-refractivity contribution in [2.24, 2.45) is 0 Å². The van der Waals surface area contributed by atoms with Gasteiger partial charge in [0.05, 0.1) is 29.1 Å². The van der Waals surface area contributed by atoms with Gasteiger partial charge in [-0.2, -0.15) is 0 Å². The third-order valence-electron chi connectivity index (χ3n) is 5.73. The predicted molar refractivity (Wildman–Crippen MR) is 119 cm³/mol. The van der Waals surface area contributed by atoms with Crippen molar-refractivity contribution in [3.63, 3.8) is 0 Å². The molecule has 1 fully saturated rings. The van der Waals surface area contributed by atoms with E-state index < -0.39 is 0 Å². The Morgan fingerprint density at radius 1 is 1.03 bits per heavy atom. The standard InChI is InChI=1S/C23H26N4O4/c1-3-25-16-13-17(26-9-11-27(12-10-26)23(30)31-4-2)20(24)19-18(16)21(28)14-7-5-6-8-15(14)22(19)29/h5-8,13,25H,3-4,9-12,24H2,1-2H3. The highest BCUT2D eigenvalue weighted by Crippen LogP contribution is 2.41. The maximum Gasteiger partial charge on any atom is 0.409 e. The van der Waals surface area contributed by atoms with Crippen molar-refractivity contribution in [1.82, 2.24) is 4.90 Å². The maximum absolute atomic E-state index is 13.3. The molecular formula is C23H26N4O4. The number of carbonyl (C=O) groups is 3. The lowest BCUT2D eigenvalue weighted by molar-refractivity contribution is 0.0980. The lowest BCUT2D eigenvalue weighted by Crippen LogP contribution is -2.49. The van der Waals surface area contributed by atoms with E-state index in [0.29, 0.717) is 73.1 Å². The molecular weight excluding hydrogens is 396 g/mol. The first-order valence-electron chi connectivity index (χ1n) is 10.5. The average Bonchev–Trinajstić information content (AvgIpc) is 2.79. The van der Waals surface area contributed by atoms with Gasteiger partial charge in [-0.05, 0) is 19.9 Å². The number of amides is 1. The van der Waals surface area contributed by atoms with Crippen molar-refractivity contribution in [1.29, 1.82) is 0 Å². The van der Waals surface area contributed by atoms with Crippen LogP contribution in [-0.4, -0.2) is 61.9 Å². The number of anilines is 3. The Bertz CT molecular complexity index is 1060. The van der Waals surface area contributed by atoms with Crippen molar-refractivity contribution in [3.8, 4) is 0 Å². The summed E-state index contributed by atoms with van der Waals surface area (Å²) in [5.41, 5.74) is 9.45. The van der Waals surface area contributed by atoms with Crippen LogP contribution in [-0.2, 0) is 4.74 Å². The zero-order valence-corrected chi connectivity index (χ0v) is 17.7. The van der Waals surface area contributed by atoms with Gasteiger partial charge in [-0.1, -0.05) is 24.3 Å². The fourth-order valence-electron chi connectivity index (χ4n) is 4.24. The quantitative estimate of drug-likeness (QED) is 0.623. The van der Waals surface area contributed by atoms with Crippen molar-refractivity contribution in [3.05, 3.63) is 52.6 Å². The lowest BCUT2D eigenvalue weighted by Gasteiger charge is -2.37. The van der Waals surface area contributed by atoms with Crippen LogP contribution in [0.1, 0.15) is 45.7 Å². The number of benzene rings is 2. The predicted octanol–water partition coefficient (Wildman–Crippen LogP) is 2.75. The Morgan fingerprint density at radius 2 is 1.65 bits per heavy atom. The van der Waals surface area contributed by atoms with Crippen molar-refractivity contribution in [2.45, 2.75) is 13.8 Å². The van der Waals surface area contributed by atoms with E-state index in [0.717, 1.165) is 0 Å². The van der Waals surface area contributed by atoms with E-state index in [1.54, 1.807) is 36.1 Å². The summed E-state index contributed by atoms with van der Waals surface area (Å²) in [7, 11) is 0. The van der Waals surface area contributed by atoms with Crippen molar-refractivity contribution >= 4 is 34.7 Å². The highest BCUT2D eigenvalue weighted by Gasteiger charge is 2.35. The molecule has 0 aromatic heterocycles. The van der Waals surface area contributed by atoms with E-state index in [-0.39, 0.29) is 23.2 Å². The van der Waals surface area contributed by atoms with E-state index in [9.17, 15) is 14.4 Å². The molecule has 162 valence electrons. The number of nitrogens with two attached hydrogens (primary N) is 1. The molecule has 0 spiro atoms. The normalized spacial score (nSPS) is 15.4. The minimum absolute atomic E-state index is 0.202. The number of nitrogens with one attached hydrogen (secondary N) is 1. The highest BCUT2D eigenvalue weighted by molar-refractivity contribution is 6.32. The average molecular weight is 422 g/mol. The second-order valence-corrected chi connectivity index (χ2v) is 7.51. The van der Waals surface area contributed by atoms with Gasteiger partial charge >= 0.3 is 6.09 Å². The topological polar surface area (TPSA) is 105 Å². The second kappa shape index (κ2) is 8.29. The first kappa shape index (κ1) is 20.7. The van der Waals surface area contributed by atoms with E-state index in [1.165, 1.54) is 0 Å². The van der Waals surface area contributed by atoms with E-state index in [1.807, 2.05) is 17.9 Å². The summed E-state index contributed by atoms with van der Waals surface area (Å²) >= 11 is 0. The monoisotopic (exact) mass is 422 g/mol. The summed E-state index contributed by atoms with van der Waals surface area (Å²) in [6, 6.07) is 8.68. The number of carbonyl (C=O) groups excluding carboxylic acids is 3. The van der Waals surface area contributed by atoms with Gasteiger partial charge < -0.3 is 25.6 Å². The van der Waals surface area contributed by atoms with Crippen molar-refractivity contribution in [2.75, 3.05) is 55.3 Å². The van der Waals surface area contributed by atoms with Crippen LogP contribution < -0.4 is 16.0 Å². The summed E-state index contributed by atoms with van der Waals surface area (Å²) in [6.07, 6.45) is -0.328. The molecule has 0 bridgehead atoms.